The summed E-state index contributed by atoms with van der Waals surface area (Å²) in [5.41, 5.74) is 2.05. The van der Waals surface area contributed by atoms with Gasteiger partial charge in [-0.15, -0.1) is 0 Å². The summed E-state index contributed by atoms with van der Waals surface area (Å²) >= 11 is 8.78. The zero-order valence-corrected chi connectivity index (χ0v) is 15.3. The van der Waals surface area contributed by atoms with Gasteiger partial charge in [-0.3, -0.25) is 0 Å². The van der Waals surface area contributed by atoms with Gasteiger partial charge < -0.3 is 15.4 Å². The predicted molar refractivity (Wildman–Crippen MR) is 98.1 cm³/mol. The average Bonchev–Trinajstić information content (AvgIpc) is 2.54. The van der Waals surface area contributed by atoms with Crippen molar-refractivity contribution in [2.45, 2.75) is 19.5 Å². The highest BCUT2D eigenvalue weighted by atomic mass is 79.9. The molecule has 0 heterocycles. The Morgan fingerprint density at radius 1 is 1.26 bits per heavy atom. The maximum atomic E-state index is 12.9. The van der Waals surface area contributed by atoms with Crippen molar-refractivity contribution in [3.63, 3.8) is 0 Å². The van der Waals surface area contributed by atoms with Gasteiger partial charge in [-0.05, 0) is 70.5 Å². The van der Waals surface area contributed by atoms with Gasteiger partial charge in [-0.1, -0.05) is 18.2 Å². The molecule has 0 radical (unpaired) electrons. The molecule has 2 N–H and O–H groups in total. The van der Waals surface area contributed by atoms with Crippen molar-refractivity contribution in [3.8, 4) is 5.75 Å². The normalized spacial score (nSPS) is 11.7. The minimum absolute atomic E-state index is 0.0467. The molecule has 3 nitrogen and oxygen atoms in total. The average molecular weight is 397 g/mol. The molecule has 2 aromatic rings. The molecule has 2 rings (SSSR count). The highest BCUT2D eigenvalue weighted by Crippen LogP contribution is 2.27. The summed E-state index contributed by atoms with van der Waals surface area (Å²) in [4.78, 5) is 0. The molecule has 0 unspecified atom stereocenters. The van der Waals surface area contributed by atoms with Gasteiger partial charge in [0, 0.05) is 6.54 Å². The lowest BCUT2D eigenvalue weighted by Crippen LogP contribution is -2.36. The Balaban J connectivity index is 1.89. The number of rotatable bonds is 5. The van der Waals surface area contributed by atoms with Gasteiger partial charge in [0.2, 0.25) is 0 Å². The predicted octanol–water partition coefficient (Wildman–Crippen LogP) is 4.32. The molecule has 0 fully saturated rings. The van der Waals surface area contributed by atoms with Crippen LogP contribution >= 0.6 is 28.1 Å². The zero-order valence-electron chi connectivity index (χ0n) is 12.9. The van der Waals surface area contributed by atoms with Crippen LogP contribution in [0.1, 0.15) is 24.1 Å². The quantitative estimate of drug-likeness (QED) is 0.737. The third-order valence-electron chi connectivity index (χ3n) is 3.39. The van der Waals surface area contributed by atoms with Crippen LogP contribution in [-0.4, -0.2) is 12.2 Å². The van der Waals surface area contributed by atoms with E-state index in [0.717, 1.165) is 21.3 Å². The van der Waals surface area contributed by atoms with Crippen LogP contribution in [-0.2, 0) is 6.54 Å². The largest absolute Gasteiger partial charge is 0.496 e. The van der Waals surface area contributed by atoms with Crippen molar-refractivity contribution in [1.82, 2.24) is 10.6 Å². The van der Waals surface area contributed by atoms with E-state index in [1.165, 1.54) is 12.1 Å². The molecule has 0 amide bonds. The van der Waals surface area contributed by atoms with Crippen LogP contribution in [0.15, 0.2) is 46.9 Å². The highest BCUT2D eigenvalue weighted by Gasteiger charge is 2.09. The number of hydrogen-bond acceptors (Lipinski definition) is 2. The molecule has 0 aliphatic heterocycles. The van der Waals surface area contributed by atoms with Crippen LogP contribution in [0.4, 0.5) is 4.39 Å². The monoisotopic (exact) mass is 396 g/mol. The summed E-state index contributed by atoms with van der Waals surface area (Å²) in [5, 5.41) is 6.89. The third-order valence-corrected chi connectivity index (χ3v) is 4.27. The summed E-state index contributed by atoms with van der Waals surface area (Å²) in [6.07, 6.45) is 0. The molecule has 0 bridgehead atoms. The van der Waals surface area contributed by atoms with E-state index >= 15 is 0 Å². The number of halogens is 2. The number of methoxy groups -OCH3 is 1. The summed E-state index contributed by atoms with van der Waals surface area (Å²) in [7, 11) is 1.63. The van der Waals surface area contributed by atoms with E-state index < -0.39 is 0 Å². The fourth-order valence-corrected chi connectivity index (χ4v) is 2.87. The zero-order chi connectivity index (χ0) is 16.8. The van der Waals surface area contributed by atoms with E-state index in [9.17, 15) is 4.39 Å². The van der Waals surface area contributed by atoms with Crippen molar-refractivity contribution in [3.05, 3.63) is 63.9 Å². The molecule has 122 valence electrons. The SMILES string of the molecule is COc1ccc([C@@H](C)NC(=S)NCc2ccc(F)cc2)cc1Br. The van der Waals surface area contributed by atoms with Crippen molar-refractivity contribution in [1.29, 1.82) is 0 Å². The molecule has 1 atom stereocenters. The first-order chi connectivity index (χ1) is 11.0. The van der Waals surface area contributed by atoms with Crippen molar-refractivity contribution >= 4 is 33.3 Å². The van der Waals surface area contributed by atoms with E-state index in [1.54, 1.807) is 19.2 Å². The first-order valence-electron chi connectivity index (χ1n) is 7.12. The Morgan fingerprint density at radius 2 is 1.96 bits per heavy atom. The molecule has 0 aliphatic rings. The van der Waals surface area contributed by atoms with Gasteiger partial charge in [0.25, 0.3) is 0 Å². The van der Waals surface area contributed by atoms with Crippen LogP contribution < -0.4 is 15.4 Å². The topological polar surface area (TPSA) is 33.3 Å². The first-order valence-corrected chi connectivity index (χ1v) is 8.32. The van der Waals surface area contributed by atoms with Crippen LogP contribution in [0, 0.1) is 5.82 Å². The van der Waals surface area contributed by atoms with Crippen molar-refractivity contribution in [2.75, 3.05) is 7.11 Å². The molecule has 6 heteroatoms. The first kappa shape index (κ1) is 17.7. The second-order valence-corrected chi connectivity index (χ2v) is 6.33. The molecule has 0 saturated heterocycles. The van der Waals surface area contributed by atoms with Gasteiger partial charge >= 0.3 is 0 Å². The Bertz CT molecular complexity index is 679. The van der Waals surface area contributed by atoms with E-state index in [1.807, 2.05) is 25.1 Å². The molecule has 2 aromatic carbocycles. The molecule has 0 aromatic heterocycles. The lowest BCUT2D eigenvalue weighted by molar-refractivity contribution is 0.412. The summed E-state index contributed by atoms with van der Waals surface area (Å²) < 4.78 is 19.0. The summed E-state index contributed by atoms with van der Waals surface area (Å²) in [6, 6.07) is 12.3. The van der Waals surface area contributed by atoms with Crippen LogP contribution in [0.3, 0.4) is 0 Å². The minimum Gasteiger partial charge on any atom is -0.496 e. The number of benzene rings is 2. The highest BCUT2D eigenvalue weighted by molar-refractivity contribution is 9.10. The molecule has 0 saturated carbocycles. The van der Waals surface area contributed by atoms with E-state index in [2.05, 4.69) is 26.6 Å². The van der Waals surface area contributed by atoms with Crippen LogP contribution in [0.25, 0.3) is 0 Å². The number of nitrogens with one attached hydrogen (secondary N) is 2. The standard InChI is InChI=1S/C17H18BrFN2OS/c1-11(13-5-8-16(22-2)15(18)9-13)21-17(23)20-10-12-3-6-14(19)7-4-12/h3-9,11H,10H2,1-2H3,(H2,20,21,23)/t11-/m1/s1. The smallest absolute Gasteiger partial charge is 0.167 e. The van der Waals surface area contributed by atoms with Gasteiger partial charge in [0.05, 0.1) is 17.6 Å². The Morgan fingerprint density at radius 3 is 2.57 bits per heavy atom. The number of ether oxygens (including phenoxy) is 1. The number of thiocarbonyl (C=S) groups is 1. The van der Waals surface area contributed by atoms with Gasteiger partial charge in [0.1, 0.15) is 11.6 Å². The van der Waals surface area contributed by atoms with Crippen LogP contribution in [0.2, 0.25) is 0 Å². The maximum absolute atomic E-state index is 12.9. The minimum atomic E-state index is -0.242. The van der Waals surface area contributed by atoms with Crippen LogP contribution in [0.5, 0.6) is 5.75 Å². The fraction of sp³-hybridized carbons (Fsp3) is 0.235. The molecular weight excluding hydrogens is 379 g/mol. The second kappa shape index (κ2) is 8.26. The Labute approximate surface area is 149 Å². The Hall–Kier alpha value is -1.66. The molecule has 0 aliphatic carbocycles. The molecular formula is C17H18BrFN2OS. The van der Waals surface area contributed by atoms with Gasteiger partial charge in [-0.2, -0.15) is 0 Å². The summed E-state index contributed by atoms with van der Waals surface area (Å²) in [5.74, 6) is 0.547. The molecule has 0 spiro atoms. The fourth-order valence-electron chi connectivity index (χ4n) is 2.07. The lowest BCUT2D eigenvalue weighted by atomic mass is 10.1. The second-order valence-electron chi connectivity index (χ2n) is 5.07. The van der Waals surface area contributed by atoms with E-state index in [0.29, 0.717) is 11.7 Å². The van der Waals surface area contributed by atoms with Crippen molar-refractivity contribution < 1.29 is 9.13 Å². The summed E-state index contributed by atoms with van der Waals surface area (Å²) in [6.45, 7) is 2.57. The molecule has 23 heavy (non-hydrogen) atoms. The number of hydrogen-bond donors (Lipinski definition) is 2. The van der Waals surface area contributed by atoms with E-state index in [-0.39, 0.29) is 11.9 Å². The maximum Gasteiger partial charge on any atom is 0.167 e. The van der Waals surface area contributed by atoms with Gasteiger partial charge in [-0.25, -0.2) is 4.39 Å². The Kier molecular flexibility index (Phi) is 6.36. The lowest BCUT2D eigenvalue weighted by Gasteiger charge is -2.18. The van der Waals surface area contributed by atoms with E-state index in [4.69, 9.17) is 17.0 Å². The third kappa shape index (κ3) is 5.18. The van der Waals surface area contributed by atoms with Crippen molar-refractivity contribution in [2.24, 2.45) is 0 Å². The van der Waals surface area contributed by atoms with Gasteiger partial charge in [0.15, 0.2) is 5.11 Å².